The quantitative estimate of drug-likeness (QED) is 0.622. The van der Waals surface area contributed by atoms with Gasteiger partial charge in [-0.15, -0.1) is 0 Å². The van der Waals surface area contributed by atoms with E-state index in [1.165, 1.54) is 48.5 Å². The Morgan fingerprint density at radius 3 is 1.52 bits per heavy atom. The second-order valence-corrected chi connectivity index (χ2v) is 8.44. The van der Waals surface area contributed by atoms with Gasteiger partial charge < -0.3 is 4.74 Å². The first-order chi connectivity index (χ1) is 10.4. The third kappa shape index (κ3) is 8.72. The zero-order chi connectivity index (χ0) is 17.7. The van der Waals surface area contributed by atoms with E-state index in [-0.39, 0.29) is 10.7 Å². The molecule has 0 unspecified atom stereocenters. The number of rotatable bonds is 3. The monoisotopic (exact) mass is 402 g/mol. The molecule has 11 heteroatoms. The van der Waals surface area contributed by atoms with E-state index >= 15 is 0 Å². The highest BCUT2D eigenvalue weighted by Crippen LogP contribution is 2.24. The van der Waals surface area contributed by atoms with Gasteiger partial charge in [0.15, 0.2) is 0 Å². The van der Waals surface area contributed by atoms with Crippen molar-refractivity contribution in [1.29, 1.82) is 0 Å². The molecule has 2 aromatic carbocycles. The molecule has 6 nitrogen and oxygen atoms in total. The molecule has 0 aliphatic carbocycles. The Bertz CT molecular complexity index is 841. The molecule has 23 heavy (non-hydrogen) atoms. The van der Waals surface area contributed by atoms with Crippen molar-refractivity contribution in [3.8, 4) is 11.5 Å². The number of benzene rings is 2. The van der Waals surface area contributed by atoms with E-state index in [1.807, 2.05) is 0 Å². The normalized spacial score (nSPS) is 11.3. The van der Waals surface area contributed by atoms with Gasteiger partial charge in [-0.3, -0.25) is 4.55 Å². The minimum absolute atomic E-state index is 0.00405. The van der Waals surface area contributed by atoms with E-state index in [4.69, 9.17) is 28.4 Å². The van der Waals surface area contributed by atoms with Crippen molar-refractivity contribution in [2.45, 2.75) is 4.90 Å². The van der Waals surface area contributed by atoms with Crippen molar-refractivity contribution >= 4 is 39.7 Å². The maximum atomic E-state index is 12.7. The lowest BCUT2D eigenvalue weighted by atomic mass is 10.3. The van der Waals surface area contributed by atoms with Crippen LogP contribution < -0.4 is 4.74 Å². The minimum Gasteiger partial charge on any atom is -0.457 e. The zero-order valence-electron chi connectivity index (χ0n) is 11.1. The first-order valence-corrected chi connectivity index (χ1v) is 10.2. The van der Waals surface area contributed by atoms with Crippen molar-refractivity contribution in [2.24, 2.45) is 0 Å². The molecule has 0 heterocycles. The van der Waals surface area contributed by atoms with Gasteiger partial charge in [0.25, 0.3) is 9.05 Å². The molecule has 0 bridgehead atoms. The highest BCUT2D eigenvalue weighted by Gasteiger charge is 2.09. The first-order valence-electron chi connectivity index (χ1n) is 5.60. The molecule has 0 aromatic heterocycles. The summed E-state index contributed by atoms with van der Waals surface area (Å²) < 4.78 is 65.3. The van der Waals surface area contributed by atoms with E-state index in [0.717, 1.165) is 0 Å². The summed E-state index contributed by atoms with van der Waals surface area (Å²) in [5.41, 5.74) is 0. The van der Waals surface area contributed by atoms with E-state index in [2.05, 4.69) is 10.7 Å². The van der Waals surface area contributed by atoms with E-state index < -0.39 is 18.4 Å². The highest BCUT2D eigenvalue weighted by molar-refractivity contribution is 8.13. The average Bonchev–Trinajstić information content (AvgIpc) is 2.39. The molecule has 0 amide bonds. The van der Waals surface area contributed by atoms with Crippen molar-refractivity contribution in [2.75, 3.05) is 0 Å². The summed E-state index contributed by atoms with van der Waals surface area (Å²) in [5, 5.41) is 0. The van der Waals surface area contributed by atoms with Gasteiger partial charge in [-0.05, 0) is 48.5 Å². The highest BCUT2D eigenvalue weighted by atomic mass is 35.7. The molecule has 0 saturated carbocycles. The van der Waals surface area contributed by atoms with Crippen LogP contribution in [0.4, 0.5) is 4.39 Å². The molecule has 0 radical (unpaired) electrons. The Morgan fingerprint density at radius 1 is 0.826 bits per heavy atom. The van der Waals surface area contributed by atoms with E-state index in [1.54, 1.807) is 0 Å². The summed E-state index contributed by atoms with van der Waals surface area (Å²) in [6, 6.07) is 11.1. The molecule has 2 aromatic rings. The summed E-state index contributed by atoms with van der Waals surface area (Å²) in [5.74, 6) is 0.537. The zero-order valence-corrected chi connectivity index (χ0v) is 14.2. The van der Waals surface area contributed by atoms with Crippen LogP contribution in [0.3, 0.4) is 0 Å². The Hall–Kier alpha value is -1.39. The topological polar surface area (TPSA) is 97.7 Å². The van der Waals surface area contributed by atoms with Crippen LogP contribution in [0.25, 0.3) is 0 Å². The maximum Gasteiger partial charge on any atom is 0.353 e. The van der Waals surface area contributed by atoms with E-state index in [0.29, 0.717) is 11.5 Å². The molecule has 126 valence electrons. The molecule has 0 aliphatic rings. The second-order valence-electron chi connectivity index (χ2n) is 3.88. The predicted octanol–water partition coefficient (Wildman–Crippen LogP) is 3.57. The molecular formula is C12H9Cl2FO6S2. The van der Waals surface area contributed by atoms with Crippen molar-refractivity contribution in [1.82, 2.24) is 0 Å². The lowest BCUT2D eigenvalue weighted by molar-refractivity contribution is 0.480. The van der Waals surface area contributed by atoms with Gasteiger partial charge in [-0.25, -0.2) is 12.8 Å². The fraction of sp³-hybridized carbons (Fsp3) is 0. The van der Waals surface area contributed by atoms with Gasteiger partial charge in [0, 0.05) is 21.4 Å². The SMILES string of the molecule is O=S(=O)(Cl)c1ccc(Oc2ccc(F)cc2)cc1.O=S(=O)(O)Cl. The molecule has 0 fully saturated rings. The Kier molecular flexibility index (Phi) is 6.78. The standard InChI is InChI=1S/C12H8ClFO3S.ClHO3S/c13-18(15,16)12-7-5-11(6-8-12)17-10-3-1-9(14)2-4-10;1-5(2,3)4/h1-8H;(H,2,3,4). The van der Waals surface area contributed by atoms with Gasteiger partial charge in [-0.1, -0.05) is 0 Å². The molecule has 0 atom stereocenters. The fourth-order valence-electron chi connectivity index (χ4n) is 1.31. The molecule has 0 aliphatic heterocycles. The van der Waals surface area contributed by atoms with Gasteiger partial charge in [0.05, 0.1) is 4.90 Å². The molecular weight excluding hydrogens is 394 g/mol. The maximum absolute atomic E-state index is 12.7. The molecule has 1 N–H and O–H groups in total. The lowest BCUT2D eigenvalue weighted by Gasteiger charge is -2.05. The van der Waals surface area contributed by atoms with Crippen LogP contribution in [-0.2, 0) is 18.4 Å². The van der Waals surface area contributed by atoms with Crippen LogP contribution in [0.5, 0.6) is 11.5 Å². The summed E-state index contributed by atoms with van der Waals surface area (Å²) in [6.07, 6.45) is 0. The van der Waals surface area contributed by atoms with Crippen molar-refractivity contribution < 1.29 is 30.5 Å². The summed E-state index contributed by atoms with van der Waals surface area (Å²) in [4.78, 5) is -0.00405. The fourth-order valence-corrected chi connectivity index (χ4v) is 2.08. The lowest BCUT2D eigenvalue weighted by Crippen LogP contribution is -1.90. The number of ether oxygens (including phenoxy) is 1. The summed E-state index contributed by atoms with van der Waals surface area (Å²) in [7, 11) is 1.31. The third-order valence-electron chi connectivity index (χ3n) is 2.15. The molecule has 0 spiro atoms. The first kappa shape index (κ1) is 19.7. The van der Waals surface area contributed by atoms with Crippen molar-refractivity contribution in [3.05, 3.63) is 54.3 Å². The summed E-state index contributed by atoms with van der Waals surface area (Å²) >= 11 is 0. The Morgan fingerprint density at radius 2 is 1.17 bits per heavy atom. The van der Waals surface area contributed by atoms with Gasteiger partial charge in [0.2, 0.25) is 0 Å². The smallest absolute Gasteiger partial charge is 0.353 e. The van der Waals surface area contributed by atoms with Gasteiger partial charge >= 0.3 is 9.33 Å². The van der Waals surface area contributed by atoms with Gasteiger partial charge in [0.1, 0.15) is 17.3 Å². The van der Waals surface area contributed by atoms with Crippen molar-refractivity contribution in [3.63, 3.8) is 0 Å². The largest absolute Gasteiger partial charge is 0.457 e. The Labute approximate surface area is 141 Å². The van der Waals surface area contributed by atoms with Crippen LogP contribution in [0.1, 0.15) is 0 Å². The van der Waals surface area contributed by atoms with Crippen LogP contribution in [0.2, 0.25) is 0 Å². The number of hydrogen-bond donors (Lipinski definition) is 1. The van der Waals surface area contributed by atoms with Crippen LogP contribution >= 0.6 is 21.4 Å². The van der Waals surface area contributed by atoms with Crippen LogP contribution in [0.15, 0.2) is 53.4 Å². The third-order valence-corrected chi connectivity index (χ3v) is 3.52. The van der Waals surface area contributed by atoms with E-state index in [9.17, 15) is 12.8 Å². The summed E-state index contributed by atoms with van der Waals surface area (Å²) in [6.45, 7) is 0. The number of hydrogen-bond acceptors (Lipinski definition) is 5. The van der Waals surface area contributed by atoms with Gasteiger partial charge in [-0.2, -0.15) is 8.42 Å². The minimum atomic E-state index is -4.19. The molecule has 0 saturated heterocycles. The number of halogens is 3. The molecule has 2 rings (SSSR count). The van der Waals surface area contributed by atoms with Crippen LogP contribution in [-0.4, -0.2) is 21.4 Å². The Balaban J connectivity index is 0.000000463. The van der Waals surface area contributed by atoms with Crippen LogP contribution in [0, 0.1) is 5.82 Å². The predicted molar refractivity (Wildman–Crippen MR) is 83.4 cm³/mol. The average molecular weight is 403 g/mol. The second kappa shape index (κ2) is 7.93.